The summed E-state index contributed by atoms with van der Waals surface area (Å²) in [6, 6.07) is 11.0. The number of Topliss-reactive ketones (excluding diaryl/α,β-unsaturated/α-hetero) is 2. The summed E-state index contributed by atoms with van der Waals surface area (Å²) in [7, 11) is 2.61. The van der Waals surface area contributed by atoms with Gasteiger partial charge in [0.05, 0.1) is 14.2 Å². The molecule has 2 unspecified atom stereocenters. The highest BCUT2D eigenvalue weighted by Gasteiger charge is 2.48. The fourth-order valence-corrected chi connectivity index (χ4v) is 4.57. The topological polar surface area (TPSA) is 86.7 Å². The van der Waals surface area contributed by atoms with Gasteiger partial charge in [0.25, 0.3) is 0 Å². The molecule has 0 spiro atoms. The first-order valence-electron chi connectivity index (χ1n) is 9.44. The number of halogens is 2. The molecule has 0 aliphatic heterocycles. The van der Waals surface area contributed by atoms with Crippen molar-refractivity contribution in [3.05, 3.63) is 67.6 Å². The second-order valence-electron chi connectivity index (χ2n) is 7.58. The standard InChI is InChI=1S/C12H11BrO3.C11H9BrO3/c1-12(11(15)16-2)6-7-3-4-8(13)5-9(7)10(12)14;1-15-11(14)9-4-6-2-3-7(12)5-8(6)10(9)13/h3-5H,6H2,1-2H3;2-3,5,9H,4H2,1H3. The van der Waals surface area contributed by atoms with Crippen molar-refractivity contribution in [3.8, 4) is 0 Å². The van der Waals surface area contributed by atoms with Crippen molar-refractivity contribution in [2.45, 2.75) is 19.8 Å². The van der Waals surface area contributed by atoms with Crippen LogP contribution in [0.15, 0.2) is 45.3 Å². The number of carbonyl (C=O) groups is 4. The summed E-state index contributed by atoms with van der Waals surface area (Å²) < 4.78 is 11.0. The first-order chi connectivity index (χ1) is 14.6. The lowest BCUT2D eigenvalue weighted by Gasteiger charge is -2.17. The molecule has 4 rings (SSSR count). The van der Waals surface area contributed by atoms with E-state index in [0.717, 1.165) is 20.1 Å². The zero-order valence-electron chi connectivity index (χ0n) is 17.2. The highest BCUT2D eigenvalue weighted by Crippen LogP contribution is 2.38. The number of esters is 2. The van der Waals surface area contributed by atoms with E-state index in [4.69, 9.17) is 4.74 Å². The van der Waals surface area contributed by atoms with Gasteiger partial charge in [0.15, 0.2) is 11.6 Å². The number of methoxy groups -OCH3 is 2. The number of hydrogen-bond acceptors (Lipinski definition) is 6. The summed E-state index contributed by atoms with van der Waals surface area (Å²) in [5.74, 6) is -1.87. The summed E-state index contributed by atoms with van der Waals surface area (Å²) in [6.45, 7) is 1.63. The second-order valence-corrected chi connectivity index (χ2v) is 9.41. The summed E-state index contributed by atoms with van der Waals surface area (Å²) in [5.41, 5.74) is 2.00. The quantitative estimate of drug-likeness (QED) is 0.407. The number of rotatable bonds is 2. The minimum absolute atomic E-state index is 0.141. The Bertz CT molecular complexity index is 1090. The van der Waals surface area contributed by atoms with Gasteiger partial charge in [-0.3, -0.25) is 19.2 Å². The van der Waals surface area contributed by atoms with Crippen LogP contribution in [0.4, 0.5) is 0 Å². The summed E-state index contributed by atoms with van der Waals surface area (Å²) in [5, 5.41) is 0. The van der Waals surface area contributed by atoms with E-state index in [1.165, 1.54) is 14.2 Å². The Morgan fingerprint density at radius 3 is 2.10 bits per heavy atom. The molecule has 0 heterocycles. The van der Waals surface area contributed by atoms with Crippen LogP contribution in [0.3, 0.4) is 0 Å². The largest absolute Gasteiger partial charge is 0.468 e. The highest BCUT2D eigenvalue weighted by molar-refractivity contribution is 9.10. The SMILES string of the molecule is COC(=O)C1(C)Cc2ccc(Br)cc2C1=O.COC(=O)C1Cc2ccc(Br)cc2C1=O. The summed E-state index contributed by atoms with van der Waals surface area (Å²) in [6.07, 6.45) is 0.870. The molecule has 31 heavy (non-hydrogen) atoms. The molecule has 2 atom stereocenters. The molecule has 0 fully saturated rings. The van der Waals surface area contributed by atoms with Crippen molar-refractivity contribution in [2.24, 2.45) is 11.3 Å². The van der Waals surface area contributed by atoms with E-state index in [1.807, 2.05) is 24.3 Å². The molecule has 0 bridgehead atoms. The van der Waals surface area contributed by atoms with Gasteiger partial charge < -0.3 is 9.47 Å². The smallest absolute Gasteiger partial charge is 0.319 e. The van der Waals surface area contributed by atoms with Gasteiger partial charge in [-0.1, -0.05) is 44.0 Å². The fraction of sp³-hybridized carbons (Fsp3) is 0.304. The Hall–Kier alpha value is -2.32. The third-order valence-corrected chi connectivity index (χ3v) is 6.55. The maximum Gasteiger partial charge on any atom is 0.319 e. The Labute approximate surface area is 196 Å². The van der Waals surface area contributed by atoms with E-state index >= 15 is 0 Å². The second kappa shape index (κ2) is 9.04. The van der Waals surface area contributed by atoms with Crippen LogP contribution in [-0.4, -0.2) is 37.7 Å². The van der Waals surface area contributed by atoms with Crippen molar-refractivity contribution in [2.75, 3.05) is 14.2 Å². The van der Waals surface area contributed by atoms with Crippen LogP contribution in [0.5, 0.6) is 0 Å². The Morgan fingerprint density at radius 1 is 0.935 bits per heavy atom. The van der Waals surface area contributed by atoms with Crippen molar-refractivity contribution in [1.82, 2.24) is 0 Å². The molecule has 0 saturated heterocycles. The van der Waals surface area contributed by atoms with Crippen LogP contribution >= 0.6 is 31.9 Å². The summed E-state index contributed by atoms with van der Waals surface area (Å²) in [4.78, 5) is 46.9. The number of benzene rings is 2. The molecule has 6 nitrogen and oxygen atoms in total. The molecule has 0 N–H and O–H groups in total. The molecule has 0 radical (unpaired) electrons. The monoisotopic (exact) mass is 550 g/mol. The van der Waals surface area contributed by atoms with Gasteiger partial charge in [0.1, 0.15) is 11.3 Å². The zero-order valence-corrected chi connectivity index (χ0v) is 20.3. The van der Waals surface area contributed by atoms with E-state index in [2.05, 4.69) is 36.6 Å². The highest BCUT2D eigenvalue weighted by atomic mass is 79.9. The lowest BCUT2D eigenvalue weighted by Crippen LogP contribution is -2.34. The lowest BCUT2D eigenvalue weighted by atomic mass is 9.86. The van der Waals surface area contributed by atoms with Gasteiger partial charge in [0.2, 0.25) is 0 Å². The number of carbonyl (C=O) groups excluding carboxylic acids is 4. The van der Waals surface area contributed by atoms with E-state index in [9.17, 15) is 19.2 Å². The van der Waals surface area contributed by atoms with Crippen LogP contribution in [0, 0.1) is 11.3 Å². The van der Waals surface area contributed by atoms with Crippen molar-refractivity contribution in [1.29, 1.82) is 0 Å². The van der Waals surface area contributed by atoms with Gasteiger partial charge in [-0.25, -0.2) is 0 Å². The Balaban J connectivity index is 0.000000176. The minimum Gasteiger partial charge on any atom is -0.468 e. The molecule has 0 saturated carbocycles. The van der Waals surface area contributed by atoms with Crippen molar-refractivity contribution < 1.29 is 28.7 Å². The Kier molecular flexibility index (Phi) is 6.81. The van der Waals surface area contributed by atoms with Gasteiger partial charge in [-0.05, 0) is 55.2 Å². The zero-order chi connectivity index (χ0) is 22.9. The number of ketones is 2. The van der Waals surface area contributed by atoms with E-state index < -0.39 is 23.3 Å². The molecule has 2 aromatic carbocycles. The normalized spacial score (nSPS) is 21.0. The summed E-state index contributed by atoms with van der Waals surface area (Å²) >= 11 is 6.61. The molecular weight excluding hydrogens is 532 g/mol. The first-order valence-corrected chi connectivity index (χ1v) is 11.0. The first kappa shape index (κ1) is 23.3. The Morgan fingerprint density at radius 2 is 1.52 bits per heavy atom. The number of fused-ring (bicyclic) bond motifs is 2. The third-order valence-electron chi connectivity index (χ3n) is 5.56. The maximum absolute atomic E-state index is 12.1. The van der Waals surface area contributed by atoms with Gasteiger partial charge in [-0.15, -0.1) is 0 Å². The molecule has 0 amide bonds. The van der Waals surface area contributed by atoms with Crippen LogP contribution in [0.2, 0.25) is 0 Å². The van der Waals surface area contributed by atoms with E-state index in [0.29, 0.717) is 24.0 Å². The average Bonchev–Trinajstić information content (AvgIpc) is 3.22. The third kappa shape index (κ3) is 4.36. The van der Waals surface area contributed by atoms with Crippen molar-refractivity contribution >= 4 is 55.4 Å². The van der Waals surface area contributed by atoms with Gasteiger partial charge in [0, 0.05) is 20.1 Å². The van der Waals surface area contributed by atoms with Crippen LogP contribution < -0.4 is 0 Å². The molecule has 162 valence electrons. The van der Waals surface area contributed by atoms with Gasteiger partial charge >= 0.3 is 11.9 Å². The maximum atomic E-state index is 12.1. The molecular formula is C23H20Br2O6. The average molecular weight is 552 g/mol. The molecule has 2 aliphatic carbocycles. The molecule has 0 aromatic heterocycles. The van der Waals surface area contributed by atoms with Crippen LogP contribution in [0.1, 0.15) is 38.8 Å². The molecule has 2 aliphatic rings. The molecule has 8 heteroatoms. The molecule has 2 aromatic rings. The van der Waals surface area contributed by atoms with Gasteiger partial charge in [-0.2, -0.15) is 0 Å². The van der Waals surface area contributed by atoms with E-state index in [1.54, 1.807) is 19.1 Å². The van der Waals surface area contributed by atoms with Crippen molar-refractivity contribution in [3.63, 3.8) is 0 Å². The number of hydrogen-bond donors (Lipinski definition) is 0. The number of ether oxygens (including phenoxy) is 2. The van der Waals surface area contributed by atoms with E-state index in [-0.39, 0.29) is 11.6 Å². The predicted molar refractivity (Wildman–Crippen MR) is 120 cm³/mol. The predicted octanol–water partition coefficient (Wildman–Crippen LogP) is 4.34. The van der Waals surface area contributed by atoms with Crippen LogP contribution in [-0.2, 0) is 31.9 Å². The minimum atomic E-state index is -1.06. The fourth-order valence-electron chi connectivity index (χ4n) is 3.85. The van der Waals surface area contributed by atoms with Crippen LogP contribution in [0.25, 0.3) is 0 Å². The lowest BCUT2D eigenvalue weighted by molar-refractivity contribution is -0.148.